The summed E-state index contributed by atoms with van der Waals surface area (Å²) < 4.78 is 15.4. The molecule has 2 aliphatic heterocycles. The summed E-state index contributed by atoms with van der Waals surface area (Å²) in [4.78, 5) is 4.47. The maximum atomic E-state index is 13.5. The van der Waals surface area contributed by atoms with Crippen LogP contribution in [-0.2, 0) is 0 Å². The highest BCUT2D eigenvalue weighted by Crippen LogP contribution is 2.30. The second-order valence-corrected chi connectivity index (χ2v) is 6.06. The molecule has 1 aromatic carbocycles. The maximum Gasteiger partial charge on any atom is 0.286 e. The molecule has 0 spiro atoms. The summed E-state index contributed by atoms with van der Waals surface area (Å²) in [6.45, 7) is 0. The molecule has 0 N–H and O–H groups in total. The van der Waals surface area contributed by atoms with E-state index < -0.39 is 5.82 Å². The van der Waals surface area contributed by atoms with Crippen LogP contribution in [0.2, 0.25) is 5.02 Å². The topological polar surface area (TPSA) is 39.7 Å². The van der Waals surface area contributed by atoms with Gasteiger partial charge in [0.05, 0.1) is 16.3 Å². The number of hydrogen-bond acceptors (Lipinski definition) is 2. The number of pyridine rings is 1. The van der Waals surface area contributed by atoms with Crippen LogP contribution in [0.5, 0.6) is 0 Å². The zero-order valence-corrected chi connectivity index (χ0v) is 13.8. The average molecular weight is 349 g/mol. The fraction of sp³-hybridized carbons (Fsp3) is 0.0500. The van der Waals surface area contributed by atoms with Crippen molar-refractivity contribution in [3.8, 4) is 17.3 Å². The molecule has 5 heteroatoms. The van der Waals surface area contributed by atoms with Crippen molar-refractivity contribution >= 4 is 17.3 Å². The largest absolute Gasteiger partial charge is 0.286 e. The summed E-state index contributed by atoms with van der Waals surface area (Å²) in [6.07, 6.45) is 10.3. The Labute approximate surface area is 149 Å². The second kappa shape index (κ2) is 6.12. The lowest BCUT2D eigenvalue weighted by Gasteiger charge is -2.09. The molecule has 3 heterocycles. The van der Waals surface area contributed by atoms with E-state index in [2.05, 4.69) is 17.1 Å². The summed E-state index contributed by atoms with van der Waals surface area (Å²) in [7, 11) is 0. The van der Waals surface area contributed by atoms with Crippen LogP contribution in [0.1, 0.15) is 12.0 Å². The predicted octanol–water partition coefficient (Wildman–Crippen LogP) is 4.61. The Morgan fingerprint density at radius 3 is 2.88 bits per heavy atom. The second-order valence-electron chi connectivity index (χ2n) is 5.65. The highest BCUT2D eigenvalue weighted by Gasteiger charge is 2.32. The zero-order chi connectivity index (χ0) is 17.4. The van der Waals surface area contributed by atoms with Gasteiger partial charge in [-0.3, -0.25) is 4.98 Å². The zero-order valence-electron chi connectivity index (χ0n) is 13.1. The summed E-state index contributed by atoms with van der Waals surface area (Å²) >= 11 is 5.94. The lowest BCUT2D eigenvalue weighted by atomic mass is 10.0. The fourth-order valence-corrected chi connectivity index (χ4v) is 3.24. The summed E-state index contributed by atoms with van der Waals surface area (Å²) in [6, 6.07) is 10.6. The number of nitrogens with zero attached hydrogens (tertiary/aromatic N) is 3. The van der Waals surface area contributed by atoms with Crippen molar-refractivity contribution in [1.82, 2.24) is 4.98 Å². The number of rotatable bonds is 2. The van der Waals surface area contributed by atoms with Gasteiger partial charge >= 0.3 is 0 Å². The van der Waals surface area contributed by atoms with Gasteiger partial charge in [0, 0.05) is 30.0 Å². The molecule has 0 fully saturated rings. The molecular formula is C20H12ClFN3+. The first-order valence-electron chi connectivity index (χ1n) is 7.75. The Morgan fingerprint density at radius 1 is 1.20 bits per heavy atom. The quantitative estimate of drug-likeness (QED) is 0.744. The van der Waals surface area contributed by atoms with Crippen molar-refractivity contribution in [1.29, 1.82) is 5.26 Å². The van der Waals surface area contributed by atoms with Crippen LogP contribution in [0.3, 0.4) is 0 Å². The Morgan fingerprint density at radius 2 is 2.08 bits per heavy atom. The first kappa shape index (κ1) is 15.5. The Balaban J connectivity index is 1.93. The number of hydrogen-bond donors (Lipinski definition) is 0. The number of nitriles is 1. The molecule has 0 saturated carbocycles. The number of allylic oxidation sites excluding steroid dienone is 5. The molecule has 0 unspecified atom stereocenters. The third kappa shape index (κ3) is 2.59. The molecule has 0 bridgehead atoms. The van der Waals surface area contributed by atoms with Gasteiger partial charge in [-0.1, -0.05) is 11.6 Å². The Hall–Kier alpha value is -3.03. The molecule has 1 aromatic heterocycles. The van der Waals surface area contributed by atoms with E-state index in [4.69, 9.17) is 11.6 Å². The highest BCUT2D eigenvalue weighted by molar-refractivity contribution is 6.31. The average Bonchev–Trinajstić information content (AvgIpc) is 3.08. The number of aromatic nitrogens is 1. The minimum absolute atomic E-state index is 0.0530. The van der Waals surface area contributed by atoms with E-state index in [9.17, 15) is 9.65 Å². The van der Waals surface area contributed by atoms with E-state index in [-0.39, 0.29) is 5.02 Å². The molecule has 0 amide bonds. The molecule has 2 aliphatic rings. The molecule has 4 rings (SSSR count). The van der Waals surface area contributed by atoms with Crippen molar-refractivity contribution in [3.63, 3.8) is 0 Å². The standard InChI is InChI=1S/C20H12ClFN3/c21-17-11-13(6-8-18(17)22)20-16(5-2-10-24-20)19-9-7-14-3-1-4-15(12-23)25(14)19/h2-11H,1H2/q+1. The fourth-order valence-electron chi connectivity index (χ4n) is 3.05. The first-order chi connectivity index (χ1) is 12.2. The van der Waals surface area contributed by atoms with E-state index in [1.54, 1.807) is 18.3 Å². The molecule has 3 nitrogen and oxygen atoms in total. The molecule has 25 heavy (non-hydrogen) atoms. The minimum Gasteiger partial charge on any atom is -0.255 e. The molecule has 0 saturated heterocycles. The van der Waals surface area contributed by atoms with Gasteiger partial charge in [0.25, 0.3) is 5.70 Å². The van der Waals surface area contributed by atoms with Crippen molar-refractivity contribution in [2.45, 2.75) is 6.42 Å². The van der Waals surface area contributed by atoms with Crippen LogP contribution in [-0.4, -0.2) is 15.3 Å². The van der Waals surface area contributed by atoms with Gasteiger partial charge in [-0.2, -0.15) is 5.26 Å². The van der Waals surface area contributed by atoms with Crippen LogP contribution < -0.4 is 0 Å². The van der Waals surface area contributed by atoms with Crippen molar-refractivity contribution < 1.29 is 8.97 Å². The summed E-state index contributed by atoms with van der Waals surface area (Å²) in [5.41, 5.74) is 4.69. The van der Waals surface area contributed by atoms with Gasteiger partial charge in [-0.15, -0.1) is 4.58 Å². The van der Waals surface area contributed by atoms with Crippen LogP contribution in [0.15, 0.2) is 72.2 Å². The maximum absolute atomic E-state index is 13.5. The lowest BCUT2D eigenvalue weighted by Crippen LogP contribution is -2.17. The van der Waals surface area contributed by atoms with E-state index in [1.807, 2.05) is 34.9 Å². The first-order valence-corrected chi connectivity index (χ1v) is 8.13. The smallest absolute Gasteiger partial charge is 0.255 e. The SMILES string of the molecule is N#CC1=CCC=C2C=CC(c3cccnc3-c3ccc(F)c(Cl)c3)=[N+]12. The van der Waals surface area contributed by atoms with Crippen molar-refractivity contribution in [2.75, 3.05) is 0 Å². The Bertz CT molecular complexity index is 1050. The van der Waals surface area contributed by atoms with Gasteiger partial charge < -0.3 is 0 Å². The van der Waals surface area contributed by atoms with Crippen LogP contribution in [0.25, 0.3) is 11.3 Å². The number of halogens is 2. The van der Waals surface area contributed by atoms with E-state index in [0.29, 0.717) is 11.4 Å². The summed E-state index contributed by atoms with van der Waals surface area (Å²) in [5.74, 6) is -0.465. The van der Waals surface area contributed by atoms with Crippen molar-refractivity contribution in [3.05, 3.63) is 88.6 Å². The molecule has 0 atom stereocenters. The lowest BCUT2D eigenvalue weighted by molar-refractivity contribution is -0.407. The Kier molecular flexibility index (Phi) is 3.79. The van der Waals surface area contributed by atoms with Gasteiger partial charge in [-0.25, -0.2) is 4.39 Å². The van der Waals surface area contributed by atoms with Gasteiger partial charge in [0.1, 0.15) is 5.82 Å². The van der Waals surface area contributed by atoms with Crippen molar-refractivity contribution in [2.24, 2.45) is 0 Å². The molecule has 0 radical (unpaired) electrons. The number of fused-ring (bicyclic) bond motifs is 1. The minimum atomic E-state index is -0.465. The van der Waals surface area contributed by atoms with E-state index >= 15 is 0 Å². The van der Waals surface area contributed by atoms with E-state index in [1.165, 1.54) is 6.07 Å². The molecule has 2 aromatic rings. The predicted molar refractivity (Wildman–Crippen MR) is 94.5 cm³/mol. The van der Waals surface area contributed by atoms with Crippen LogP contribution in [0.4, 0.5) is 4.39 Å². The number of benzene rings is 1. The van der Waals surface area contributed by atoms with Crippen LogP contribution >= 0.6 is 11.6 Å². The summed E-state index contributed by atoms with van der Waals surface area (Å²) in [5, 5.41) is 9.51. The highest BCUT2D eigenvalue weighted by atomic mass is 35.5. The third-order valence-electron chi connectivity index (χ3n) is 4.18. The van der Waals surface area contributed by atoms with E-state index in [0.717, 1.165) is 29.0 Å². The molecular weight excluding hydrogens is 337 g/mol. The third-order valence-corrected chi connectivity index (χ3v) is 4.47. The van der Waals surface area contributed by atoms with Gasteiger partial charge in [0.2, 0.25) is 11.4 Å². The van der Waals surface area contributed by atoms with Gasteiger partial charge in [-0.05, 0) is 42.8 Å². The van der Waals surface area contributed by atoms with Crippen LogP contribution in [0, 0.1) is 17.1 Å². The normalized spacial score (nSPS) is 15.6. The monoisotopic (exact) mass is 348 g/mol. The molecule has 0 aliphatic carbocycles. The van der Waals surface area contributed by atoms with Gasteiger partial charge in [0.15, 0.2) is 6.07 Å². The molecule has 120 valence electrons.